The lowest BCUT2D eigenvalue weighted by molar-refractivity contribution is 0.202. The maximum atomic E-state index is 5.83. The van der Waals surface area contributed by atoms with Crippen molar-refractivity contribution >= 4 is 5.84 Å². The van der Waals surface area contributed by atoms with Crippen LogP contribution in [0.15, 0.2) is 35.3 Å². The van der Waals surface area contributed by atoms with Gasteiger partial charge in [0.25, 0.3) is 0 Å². The number of piperidine rings is 1. The highest BCUT2D eigenvalue weighted by molar-refractivity contribution is 5.80. The molecule has 3 heteroatoms. The fraction of sp³-hybridized carbons (Fsp3) is 0.533. The topological polar surface area (TPSA) is 41.6 Å². The molecule has 0 saturated carbocycles. The van der Waals surface area contributed by atoms with E-state index in [1.165, 1.54) is 24.9 Å². The van der Waals surface area contributed by atoms with Crippen LogP contribution in [0, 0.1) is 0 Å². The van der Waals surface area contributed by atoms with E-state index in [1.807, 2.05) is 0 Å². The molecule has 98 valence electrons. The molecule has 1 aromatic carbocycles. The number of nitrogens with two attached hydrogens (primary N) is 1. The van der Waals surface area contributed by atoms with Crippen molar-refractivity contribution in [3.05, 3.63) is 35.9 Å². The summed E-state index contributed by atoms with van der Waals surface area (Å²) in [5.41, 5.74) is 7.21. The van der Waals surface area contributed by atoms with Crippen LogP contribution in [0.25, 0.3) is 0 Å². The van der Waals surface area contributed by atoms with Crippen molar-refractivity contribution in [3.63, 3.8) is 0 Å². The lowest BCUT2D eigenvalue weighted by Gasteiger charge is -2.31. The number of nitrogens with zero attached hydrogens (tertiary/aromatic N) is 2. The van der Waals surface area contributed by atoms with E-state index in [1.54, 1.807) is 0 Å². The Morgan fingerprint density at radius 3 is 2.89 bits per heavy atom. The van der Waals surface area contributed by atoms with E-state index in [2.05, 4.69) is 47.1 Å². The lowest BCUT2D eigenvalue weighted by Crippen LogP contribution is -2.37. The average molecular weight is 245 g/mol. The molecule has 0 aromatic heterocycles. The van der Waals surface area contributed by atoms with Crippen LogP contribution >= 0.6 is 0 Å². The van der Waals surface area contributed by atoms with Gasteiger partial charge in [-0.3, -0.25) is 9.89 Å². The van der Waals surface area contributed by atoms with E-state index < -0.39 is 0 Å². The summed E-state index contributed by atoms with van der Waals surface area (Å²) in [6.07, 6.45) is 3.25. The molecule has 0 radical (unpaired) electrons. The van der Waals surface area contributed by atoms with Crippen LogP contribution in [0.2, 0.25) is 0 Å². The molecule has 2 N–H and O–H groups in total. The van der Waals surface area contributed by atoms with Crippen molar-refractivity contribution < 1.29 is 0 Å². The first-order valence-electron chi connectivity index (χ1n) is 6.86. The molecule has 1 aliphatic rings. The summed E-state index contributed by atoms with van der Waals surface area (Å²) >= 11 is 0. The molecule has 1 aromatic rings. The fourth-order valence-electron chi connectivity index (χ4n) is 2.45. The molecule has 0 bridgehead atoms. The molecule has 1 fully saturated rings. The quantitative estimate of drug-likeness (QED) is 0.654. The van der Waals surface area contributed by atoms with Gasteiger partial charge in [0.05, 0.1) is 11.9 Å². The summed E-state index contributed by atoms with van der Waals surface area (Å²) in [5, 5.41) is 0. The van der Waals surface area contributed by atoms with E-state index in [-0.39, 0.29) is 0 Å². The molecule has 1 atom stereocenters. The smallest absolute Gasteiger partial charge is 0.0938 e. The molecule has 1 aliphatic heterocycles. The third-order valence-electron chi connectivity index (χ3n) is 3.44. The molecule has 0 spiro atoms. The maximum Gasteiger partial charge on any atom is 0.0938 e. The first-order chi connectivity index (χ1) is 8.78. The van der Waals surface area contributed by atoms with Crippen molar-refractivity contribution in [2.45, 2.75) is 38.8 Å². The molecule has 2 rings (SSSR count). The SMILES string of the molecule is CCC(N)=NC1CCCN(Cc2ccccc2)C1. The fourth-order valence-corrected chi connectivity index (χ4v) is 2.45. The van der Waals surface area contributed by atoms with Crippen LogP contribution < -0.4 is 5.73 Å². The average Bonchev–Trinajstić information content (AvgIpc) is 2.40. The summed E-state index contributed by atoms with van der Waals surface area (Å²) < 4.78 is 0. The molecule has 3 nitrogen and oxygen atoms in total. The molecular formula is C15H23N3. The third-order valence-corrected chi connectivity index (χ3v) is 3.44. The molecular weight excluding hydrogens is 222 g/mol. The van der Waals surface area contributed by atoms with E-state index in [0.29, 0.717) is 6.04 Å². The first-order valence-corrected chi connectivity index (χ1v) is 6.86. The minimum Gasteiger partial charge on any atom is -0.387 e. The number of benzene rings is 1. The number of rotatable bonds is 4. The van der Waals surface area contributed by atoms with Crippen LogP contribution in [0.1, 0.15) is 31.7 Å². The molecule has 1 heterocycles. The number of amidine groups is 1. The Balaban J connectivity index is 1.91. The number of aliphatic imine (C=N–C) groups is 1. The Hall–Kier alpha value is -1.35. The van der Waals surface area contributed by atoms with Gasteiger partial charge in [-0.15, -0.1) is 0 Å². The van der Waals surface area contributed by atoms with Gasteiger partial charge in [-0.25, -0.2) is 0 Å². The second kappa shape index (κ2) is 6.55. The zero-order chi connectivity index (χ0) is 12.8. The Morgan fingerprint density at radius 2 is 2.17 bits per heavy atom. The Bertz CT molecular complexity index is 386. The highest BCUT2D eigenvalue weighted by Gasteiger charge is 2.19. The summed E-state index contributed by atoms with van der Waals surface area (Å²) in [6.45, 7) is 5.30. The second-order valence-corrected chi connectivity index (χ2v) is 4.99. The number of hydrogen-bond donors (Lipinski definition) is 1. The molecule has 18 heavy (non-hydrogen) atoms. The Labute approximate surface area is 110 Å². The summed E-state index contributed by atoms with van der Waals surface area (Å²) in [5.74, 6) is 0.793. The second-order valence-electron chi connectivity index (χ2n) is 4.99. The van der Waals surface area contributed by atoms with Crippen molar-refractivity contribution in [3.8, 4) is 0 Å². The highest BCUT2D eigenvalue weighted by atomic mass is 15.2. The van der Waals surface area contributed by atoms with Crippen molar-refractivity contribution in [1.82, 2.24) is 4.90 Å². The highest BCUT2D eigenvalue weighted by Crippen LogP contribution is 2.16. The normalized spacial score (nSPS) is 22.1. The Kier molecular flexibility index (Phi) is 4.76. The zero-order valence-corrected chi connectivity index (χ0v) is 11.2. The van der Waals surface area contributed by atoms with E-state index >= 15 is 0 Å². The van der Waals surface area contributed by atoms with Gasteiger partial charge in [0.1, 0.15) is 0 Å². The predicted molar refractivity (Wildman–Crippen MR) is 76.7 cm³/mol. The van der Waals surface area contributed by atoms with Gasteiger partial charge in [-0.05, 0) is 24.9 Å². The van der Waals surface area contributed by atoms with E-state index in [9.17, 15) is 0 Å². The molecule has 1 saturated heterocycles. The van der Waals surface area contributed by atoms with Gasteiger partial charge in [0, 0.05) is 19.5 Å². The summed E-state index contributed by atoms with van der Waals surface area (Å²) in [6, 6.07) is 11.0. The molecule has 0 aliphatic carbocycles. The number of likely N-dealkylation sites (tertiary alicyclic amines) is 1. The molecule has 1 unspecified atom stereocenters. The zero-order valence-electron chi connectivity index (χ0n) is 11.2. The largest absolute Gasteiger partial charge is 0.387 e. The lowest BCUT2D eigenvalue weighted by atomic mass is 10.1. The van der Waals surface area contributed by atoms with Crippen LogP contribution in [0.4, 0.5) is 0 Å². The van der Waals surface area contributed by atoms with Crippen molar-refractivity contribution in [1.29, 1.82) is 0 Å². The van der Waals surface area contributed by atoms with Gasteiger partial charge < -0.3 is 5.73 Å². The minimum absolute atomic E-state index is 0.391. The van der Waals surface area contributed by atoms with Gasteiger partial charge in [0.15, 0.2) is 0 Å². The summed E-state index contributed by atoms with van der Waals surface area (Å²) in [4.78, 5) is 7.08. The first kappa shape index (κ1) is 13.1. The Morgan fingerprint density at radius 1 is 1.39 bits per heavy atom. The van der Waals surface area contributed by atoms with Crippen LogP contribution in [-0.4, -0.2) is 29.9 Å². The van der Waals surface area contributed by atoms with Crippen molar-refractivity contribution in [2.24, 2.45) is 10.7 Å². The van der Waals surface area contributed by atoms with Gasteiger partial charge in [-0.2, -0.15) is 0 Å². The minimum atomic E-state index is 0.391. The van der Waals surface area contributed by atoms with Gasteiger partial charge in [0.2, 0.25) is 0 Å². The van der Waals surface area contributed by atoms with E-state index in [4.69, 9.17) is 5.73 Å². The van der Waals surface area contributed by atoms with Crippen LogP contribution in [-0.2, 0) is 6.54 Å². The van der Waals surface area contributed by atoms with Crippen LogP contribution in [0.5, 0.6) is 0 Å². The van der Waals surface area contributed by atoms with Gasteiger partial charge in [-0.1, -0.05) is 37.3 Å². The number of hydrogen-bond acceptors (Lipinski definition) is 2. The van der Waals surface area contributed by atoms with Gasteiger partial charge >= 0.3 is 0 Å². The maximum absolute atomic E-state index is 5.83. The van der Waals surface area contributed by atoms with Crippen LogP contribution in [0.3, 0.4) is 0 Å². The summed E-state index contributed by atoms with van der Waals surface area (Å²) in [7, 11) is 0. The molecule has 0 amide bonds. The third kappa shape index (κ3) is 3.84. The van der Waals surface area contributed by atoms with E-state index in [0.717, 1.165) is 25.3 Å². The van der Waals surface area contributed by atoms with Crippen molar-refractivity contribution in [2.75, 3.05) is 13.1 Å². The monoisotopic (exact) mass is 245 g/mol. The standard InChI is InChI=1S/C15H23N3/c1-2-15(16)17-14-9-6-10-18(12-14)11-13-7-4-3-5-8-13/h3-5,7-8,14H,2,6,9-12H2,1H3,(H2,16,17). The predicted octanol–water partition coefficient (Wildman–Crippen LogP) is 2.42.